The first kappa shape index (κ1) is 15.8. The molecular formula is C19H19NO2S2. The summed E-state index contributed by atoms with van der Waals surface area (Å²) in [4.78, 5) is 17.1. The molecule has 1 saturated heterocycles. The largest absolute Gasteiger partial charge is 0.376 e. The van der Waals surface area contributed by atoms with Gasteiger partial charge in [0.1, 0.15) is 0 Å². The third-order valence-corrected chi connectivity index (χ3v) is 6.26. The van der Waals surface area contributed by atoms with Gasteiger partial charge in [-0.2, -0.15) is 0 Å². The normalized spacial score (nSPS) is 17.4. The van der Waals surface area contributed by atoms with Gasteiger partial charge in [-0.1, -0.05) is 24.3 Å². The summed E-state index contributed by atoms with van der Waals surface area (Å²) in [6.45, 7) is 2.14. The molecule has 4 rings (SSSR count). The zero-order valence-electron chi connectivity index (χ0n) is 13.3. The van der Waals surface area contributed by atoms with Crippen molar-refractivity contribution in [3.05, 3.63) is 57.6 Å². The van der Waals surface area contributed by atoms with E-state index in [9.17, 15) is 4.79 Å². The maximum Gasteiger partial charge on any atom is 0.264 e. The standard InChI is InChI=1S/C19H19NO2S2/c21-19(18-11-14-5-1-2-8-17(14)24-18)20(12-15-6-3-9-22-15)13-16-7-4-10-23-16/h1-2,4-5,7-8,10-11,15H,3,6,9,12-13H2. The number of amides is 1. The zero-order chi connectivity index (χ0) is 16.4. The van der Waals surface area contributed by atoms with E-state index in [0.29, 0.717) is 13.1 Å². The highest BCUT2D eigenvalue weighted by Crippen LogP contribution is 2.27. The maximum absolute atomic E-state index is 13.1. The molecule has 3 heterocycles. The molecule has 24 heavy (non-hydrogen) atoms. The van der Waals surface area contributed by atoms with Gasteiger partial charge in [0.25, 0.3) is 5.91 Å². The molecule has 3 aromatic rings. The number of ether oxygens (including phenoxy) is 1. The van der Waals surface area contributed by atoms with Gasteiger partial charge in [-0.15, -0.1) is 22.7 Å². The second-order valence-corrected chi connectivity index (χ2v) is 8.16. The molecule has 3 nitrogen and oxygen atoms in total. The van der Waals surface area contributed by atoms with Crippen LogP contribution in [0.25, 0.3) is 10.1 Å². The minimum absolute atomic E-state index is 0.111. The molecule has 0 spiro atoms. The van der Waals surface area contributed by atoms with Crippen molar-refractivity contribution in [3.63, 3.8) is 0 Å². The van der Waals surface area contributed by atoms with Crippen LogP contribution in [-0.2, 0) is 11.3 Å². The van der Waals surface area contributed by atoms with Crippen molar-refractivity contribution in [1.29, 1.82) is 0 Å². The van der Waals surface area contributed by atoms with E-state index in [4.69, 9.17) is 4.74 Å². The van der Waals surface area contributed by atoms with Gasteiger partial charge in [0.2, 0.25) is 0 Å². The number of nitrogens with zero attached hydrogens (tertiary/aromatic N) is 1. The Hall–Kier alpha value is -1.69. The lowest BCUT2D eigenvalue weighted by Gasteiger charge is -2.24. The molecule has 1 aliphatic heterocycles. The van der Waals surface area contributed by atoms with E-state index in [0.717, 1.165) is 34.4 Å². The summed E-state index contributed by atoms with van der Waals surface area (Å²) < 4.78 is 6.92. The van der Waals surface area contributed by atoms with Gasteiger partial charge >= 0.3 is 0 Å². The zero-order valence-corrected chi connectivity index (χ0v) is 14.9. The molecule has 1 fully saturated rings. The van der Waals surface area contributed by atoms with Gasteiger partial charge in [-0.3, -0.25) is 4.79 Å². The van der Waals surface area contributed by atoms with E-state index in [1.165, 1.54) is 4.88 Å². The summed E-state index contributed by atoms with van der Waals surface area (Å²) in [5.41, 5.74) is 0. The number of thiophene rings is 2. The van der Waals surface area contributed by atoms with Gasteiger partial charge < -0.3 is 9.64 Å². The fraction of sp³-hybridized carbons (Fsp3) is 0.316. The van der Waals surface area contributed by atoms with Crippen molar-refractivity contribution in [1.82, 2.24) is 4.90 Å². The van der Waals surface area contributed by atoms with E-state index in [2.05, 4.69) is 23.6 Å². The van der Waals surface area contributed by atoms with Gasteiger partial charge in [0, 0.05) is 22.7 Å². The average Bonchev–Trinajstić information content (AvgIpc) is 3.34. The minimum atomic E-state index is 0.111. The Morgan fingerprint density at radius 2 is 2.17 bits per heavy atom. The Kier molecular flexibility index (Phi) is 4.65. The highest BCUT2D eigenvalue weighted by atomic mass is 32.1. The number of fused-ring (bicyclic) bond motifs is 1. The number of rotatable bonds is 5. The first-order chi connectivity index (χ1) is 11.8. The fourth-order valence-electron chi connectivity index (χ4n) is 3.09. The minimum Gasteiger partial charge on any atom is -0.376 e. The first-order valence-electron chi connectivity index (χ1n) is 8.21. The van der Waals surface area contributed by atoms with E-state index in [1.54, 1.807) is 22.7 Å². The molecule has 124 valence electrons. The molecular weight excluding hydrogens is 338 g/mol. The fourth-order valence-corrected chi connectivity index (χ4v) is 4.84. The van der Waals surface area contributed by atoms with E-state index < -0.39 is 0 Å². The van der Waals surface area contributed by atoms with Crippen LogP contribution in [0.5, 0.6) is 0 Å². The van der Waals surface area contributed by atoms with Gasteiger partial charge in [0.15, 0.2) is 0 Å². The molecule has 0 saturated carbocycles. The van der Waals surface area contributed by atoms with E-state index in [1.807, 2.05) is 29.2 Å². The van der Waals surface area contributed by atoms with Crippen LogP contribution >= 0.6 is 22.7 Å². The summed E-state index contributed by atoms with van der Waals surface area (Å²) in [5, 5.41) is 3.20. The van der Waals surface area contributed by atoms with Crippen molar-refractivity contribution < 1.29 is 9.53 Å². The molecule has 1 aliphatic rings. The molecule has 1 amide bonds. The van der Waals surface area contributed by atoms with Gasteiger partial charge in [0.05, 0.1) is 17.5 Å². The molecule has 5 heteroatoms. The Balaban J connectivity index is 1.59. The predicted octanol–water partition coefficient (Wildman–Crippen LogP) is 4.78. The van der Waals surface area contributed by atoms with Crippen LogP contribution in [0.4, 0.5) is 0 Å². The lowest BCUT2D eigenvalue weighted by molar-refractivity contribution is 0.0513. The molecule has 0 N–H and O–H groups in total. The lowest BCUT2D eigenvalue weighted by Crippen LogP contribution is -2.36. The highest BCUT2D eigenvalue weighted by molar-refractivity contribution is 7.20. The van der Waals surface area contributed by atoms with Gasteiger partial charge in [-0.05, 0) is 41.8 Å². The Bertz CT molecular complexity index is 786. The van der Waals surface area contributed by atoms with E-state index in [-0.39, 0.29) is 12.0 Å². The average molecular weight is 358 g/mol. The van der Waals surface area contributed by atoms with Crippen LogP contribution in [0.2, 0.25) is 0 Å². The van der Waals surface area contributed by atoms with Crippen molar-refractivity contribution in [2.24, 2.45) is 0 Å². The van der Waals surface area contributed by atoms with Crippen molar-refractivity contribution in [2.45, 2.75) is 25.5 Å². The summed E-state index contributed by atoms with van der Waals surface area (Å²) in [5.74, 6) is 0.111. The number of carbonyl (C=O) groups is 1. The molecule has 0 radical (unpaired) electrons. The van der Waals surface area contributed by atoms with Crippen molar-refractivity contribution in [3.8, 4) is 0 Å². The predicted molar refractivity (Wildman–Crippen MR) is 99.9 cm³/mol. The second kappa shape index (κ2) is 7.05. The molecule has 0 aliphatic carbocycles. The molecule has 2 aromatic heterocycles. The highest BCUT2D eigenvalue weighted by Gasteiger charge is 2.25. The summed E-state index contributed by atoms with van der Waals surface area (Å²) in [6, 6.07) is 14.3. The maximum atomic E-state index is 13.1. The van der Waals surface area contributed by atoms with Crippen molar-refractivity contribution in [2.75, 3.05) is 13.2 Å². The molecule has 0 bridgehead atoms. The Morgan fingerprint density at radius 3 is 2.92 bits per heavy atom. The molecule has 1 atom stereocenters. The monoisotopic (exact) mass is 357 g/mol. The van der Waals surface area contributed by atoms with Crippen LogP contribution in [0, 0.1) is 0 Å². The quantitative estimate of drug-likeness (QED) is 0.657. The SMILES string of the molecule is O=C(c1cc2ccccc2s1)N(Cc1cccs1)CC1CCCO1. The molecule has 1 unspecified atom stereocenters. The Labute approximate surface area is 149 Å². The molecule has 1 aromatic carbocycles. The van der Waals surface area contributed by atoms with Crippen molar-refractivity contribution >= 4 is 38.7 Å². The summed E-state index contributed by atoms with van der Waals surface area (Å²) in [6.07, 6.45) is 2.30. The number of benzene rings is 1. The van der Waals surface area contributed by atoms with Crippen LogP contribution in [-0.4, -0.2) is 30.1 Å². The lowest BCUT2D eigenvalue weighted by atomic mass is 10.2. The third kappa shape index (κ3) is 3.38. The third-order valence-electron chi connectivity index (χ3n) is 4.30. The van der Waals surface area contributed by atoms with E-state index >= 15 is 0 Å². The number of hydrogen-bond donors (Lipinski definition) is 0. The summed E-state index contributed by atoms with van der Waals surface area (Å²) >= 11 is 3.27. The number of hydrogen-bond acceptors (Lipinski definition) is 4. The van der Waals surface area contributed by atoms with Crippen LogP contribution in [0.1, 0.15) is 27.4 Å². The van der Waals surface area contributed by atoms with Crippen LogP contribution in [0.15, 0.2) is 47.8 Å². The van der Waals surface area contributed by atoms with Crippen LogP contribution in [0.3, 0.4) is 0 Å². The number of carbonyl (C=O) groups excluding carboxylic acids is 1. The topological polar surface area (TPSA) is 29.5 Å². The Morgan fingerprint density at radius 1 is 1.25 bits per heavy atom. The smallest absolute Gasteiger partial charge is 0.264 e. The summed E-state index contributed by atoms with van der Waals surface area (Å²) in [7, 11) is 0. The van der Waals surface area contributed by atoms with Gasteiger partial charge in [-0.25, -0.2) is 0 Å². The first-order valence-corrected chi connectivity index (χ1v) is 9.91. The second-order valence-electron chi connectivity index (χ2n) is 6.05. The van der Waals surface area contributed by atoms with Crippen LogP contribution < -0.4 is 0 Å².